The van der Waals surface area contributed by atoms with Crippen LogP contribution >= 0.6 is 0 Å². The molecule has 4 amide bonds. The van der Waals surface area contributed by atoms with E-state index in [1.165, 1.54) is 28.9 Å². The number of nitrogens with one attached hydrogen (secondary N) is 2. The van der Waals surface area contributed by atoms with Gasteiger partial charge in [0.1, 0.15) is 28.3 Å². The van der Waals surface area contributed by atoms with E-state index >= 15 is 0 Å². The largest absolute Gasteiger partial charge is 0.491 e. The molecule has 5 heterocycles. The summed E-state index contributed by atoms with van der Waals surface area (Å²) in [5, 5.41) is 19.8. The Balaban J connectivity index is 1.16. The van der Waals surface area contributed by atoms with Gasteiger partial charge in [0.25, 0.3) is 11.8 Å². The van der Waals surface area contributed by atoms with Crippen LogP contribution < -0.4 is 26.2 Å². The molecular weight excluding hydrogens is 875 g/mol. The number of hydrogen-bond donors (Lipinski definition) is 4. The molecule has 22 nitrogen and oxygen atoms in total. The number of primary amides is 1. The number of rotatable bonds is 17. The van der Waals surface area contributed by atoms with Gasteiger partial charge in [-0.25, -0.2) is 28.3 Å². The molecule has 4 aromatic heterocycles. The molecule has 0 aliphatic carbocycles. The number of nitrogens with two attached hydrogens (primary N) is 2. The number of likely N-dealkylation sites (tertiary alicyclic amines) is 1. The van der Waals surface area contributed by atoms with Crippen molar-refractivity contribution in [1.82, 2.24) is 43.6 Å². The molecule has 1 saturated heterocycles. The molecule has 6 N–H and O–H groups in total. The summed E-state index contributed by atoms with van der Waals surface area (Å²) in [7, 11) is -2.41. The van der Waals surface area contributed by atoms with E-state index in [0.29, 0.717) is 66.3 Å². The maximum absolute atomic E-state index is 13.7. The van der Waals surface area contributed by atoms with E-state index in [9.17, 15) is 27.6 Å². The minimum Gasteiger partial charge on any atom is -0.491 e. The number of fused-ring (bicyclic) bond motifs is 2. The van der Waals surface area contributed by atoms with Gasteiger partial charge >= 0.3 is 6.09 Å². The summed E-state index contributed by atoms with van der Waals surface area (Å²) in [6, 6.07) is 10.6. The highest BCUT2D eigenvalue weighted by Gasteiger charge is 2.34. The zero-order valence-electron chi connectivity index (χ0n) is 37.7. The van der Waals surface area contributed by atoms with Crippen LogP contribution in [0.15, 0.2) is 59.5 Å². The standard InChI is InChI=1S/C43H53N13O9S/c1-8-56-34(19-26(3)51-56)39(59)49-40-46-30-22-29(66(45,61)62)12-13-32(30)54(40)14-9-10-15-55-36-31(47-41(55)48-38(58)33-18-25(2)50-52(33)7)20-27(37(44)57)21-35(36)64-17-11-16-63-28-23-53(24-28)42(60)65-43(4,5)6/h9-10,12-13,18-22,28H,8,11,14-17,23-24H2,1-7H3,(H2,44,57)(H2,45,61,62)(H,46,49,59)(H,47,48,58)/b10-9+. The summed E-state index contributed by atoms with van der Waals surface area (Å²) in [5.74, 6) is -1.13. The van der Waals surface area contributed by atoms with E-state index in [4.69, 9.17) is 30.1 Å². The number of aryl methyl sites for hydroxylation is 4. The number of primary sulfonamides is 1. The minimum atomic E-state index is -4.06. The number of nitrogens with zero attached hydrogens (tertiary/aromatic N) is 9. The van der Waals surface area contributed by atoms with Crippen molar-refractivity contribution in [3.63, 3.8) is 0 Å². The highest BCUT2D eigenvalue weighted by Crippen LogP contribution is 2.32. The first-order valence-electron chi connectivity index (χ1n) is 21.1. The van der Waals surface area contributed by atoms with Crippen LogP contribution in [0.1, 0.15) is 76.8 Å². The Bertz CT molecular complexity index is 2990. The summed E-state index contributed by atoms with van der Waals surface area (Å²) in [6.45, 7) is 12.9. The van der Waals surface area contributed by atoms with E-state index in [2.05, 4.69) is 25.8 Å². The lowest BCUT2D eigenvalue weighted by Gasteiger charge is -2.39. The van der Waals surface area contributed by atoms with Gasteiger partial charge in [0, 0.05) is 38.7 Å². The van der Waals surface area contributed by atoms with Gasteiger partial charge in [-0.3, -0.25) is 34.4 Å². The molecule has 1 aliphatic rings. The summed E-state index contributed by atoms with van der Waals surface area (Å²) in [6.07, 6.45) is 3.52. The maximum atomic E-state index is 13.7. The molecule has 23 heteroatoms. The van der Waals surface area contributed by atoms with Crippen LogP contribution in [-0.2, 0) is 46.2 Å². The van der Waals surface area contributed by atoms with Crippen LogP contribution in [-0.4, -0.2) is 114 Å². The highest BCUT2D eigenvalue weighted by atomic mass is 32.2. The molecule has 6 aromatic rings. The number of ether oxygens (including phenoxy) is 3. The monoisotopic (exact) mass is 927 g/mol. The number of imidazole rings is 2. The summed E-state index contributed by atoms with van der Waals surface area (Å²) >= 11 is 0. The fourth-order valence-corrected chi connectivity index (χ4v) is 7.85. The molecule has 0 bridgehead atoms. The number of benzene rings is 2. The third-order valence-corrected chi connectivity index (χ3v) is 11.3. The van der Waals surface area contributed by atoms with E-state index in [1.807, 2.05) is 27.7 Å². The molecule has 1 fully saturated rings. The second-order valence-electron chi connectivity index (χ2n) is 16.7. The summed E-state index contributed by atoms with van der Waals surface area (Å²) in [5.41, 5.74) is 8.71. The number of carbonyl (C=O) groups is 4. The molecule has 0 saturated carbocycles. The quantitative estimate of drug-likeness (QED) is 0.0748. The lowest BCUT2D eigenvalue weighted by molar-refractivity contribution is -0.0647. The molecule has 0 radical (unpaired) electrons. The van der Waals surface area contributed by atoms with Crippen molar-refractivity contribution in [3.05, 3.63) is 83.0 Å². The van der Waals surface area contributed by atoms with E-state index in [0.717, 1.165) is 0 Å². The Morgan fingerprint density at radius 1 is 0.864 bits per heavy atom. The fourth-order valence-electron chi connectivity index (χ4n) is 7.32. The van der Waals surface area contributed by atoms with Crippen molar-refractivity contribution < 1.29 is 41.8 Å². The molecule has 1 aliphatic heterocycles. The Morgan fingerprint density at radius 3 is 2.14 bits per heavy atom. The minimum absolute atomic E-state index is 0.112. The average molecular weight is 928 g/mol. The molecule has 2 aromatic carbocycles. The number of carbonyl (C=O) groups excluding carboxylic acids is 4. The van der Waals surface area contributed by atoms with E-state index in [-0.39, 0.29) is 65.1 Å². The lowest BCUT2D eigenvalue weighted by Crippen LogP contribution is -2.56. The first kappa shape index (κ1) is 46.9. The zero-order chi connectivity index (χ0) is 47.7. The maximum Gasteiger partial charge on any atom is 0.410 e. The topological polar surface area (TPSA) is 281 Å². The highest BCUT2D eigenvalue weighted by molar-refractivity contribution is 7.89. The number of aromatic nitrogens is 8. The number of amides is 4. The number of anilines is 2. The van der Waals surface area contributed by atoms with Crippen molar-refractivity contribution >= 4 is 67.8 Å². The van der Waals surface area contributed by atoms with Crippen molar-refractivity contribution in [2.45, 2.75) is 84.2 Å². The molecule has 0 atom stereocenters. The van der Waals surface area contributed by atoms with Gasteiger partial charge in [-0.05, 0) is 84.0 Å². The van der Waals surface area contributed by atoms with Gasteiger partial charge < -0.3 is 34.0 Å². The fraction of sp³-hybridized carbons (Fsp3) is 0.395. The van der Waals surface area contributed by atoms with Crippen LogP contribution in [0.25, 0.3) is 22.1 Å². The van der Waals surface area contributed by atoms with Gasteiger partial charge in [0.15, 0.2) is 0 Å². The van der Waals surface area contributed by atoms with Crippen LogP contribution in [0.5, 0.6) is 5.75 Å². The van der Waals surface area contributed by atoms with E-state index in [1.54, 1.807) is 70.0 Å². The van der Waals surface area contributed by atoms with Gasteiger partial charge in [-0.2, -0.15) is 10.2 Å². The molecule has 7 rings (SSSR count). The predicted octanol–water partition coefficient (Wildman–Crippen LogP) is 3.86. The van der Waals surface area contributed by atoms with Gasteiger partial charge in [-0.1, -0.05) is 12.2 Å². The Kier molecular flexibility index (Phi) is 13.3. The predicted molar refractivity (Wildman–Crippen MR) is 243 cm³/mol. The number of sulfonamides is 1. The first-order valence-corrected chi connectivity index (χ1v) is 22.7. The van der Waals surface area contributed by atoms with Crippen molar-refractivity contribution in [3.8, 4) is 5.75 Å². The first-order chi connectivity index (χ1) is 31.2. The van der Waals surface area contributed by atoms with Crippen LogP contribution in [0.4, 0.5) is 16.7 Å². The van der Waals surface area contributed by atoms with Crippen LogP contribution in [0.3, 0.4) is 0 Å². The van der Waals surface area contributed by atoms with Gasteiger partial charge in [0.2, 0.25) is 27.8 Å². The SMILES string of the molecule is CCn1nc(C)cc1C(=O)Nc1nc2cc(S(N)(=O)=O)ccc2n1C/C=C/Cn1c(NC(=O)c2cc(C)nn2C)nc2cc(C(N)=O)cc(OCCCOC3CN(C(=O)OC(C)(C)C)C3)c21. The van der Waals surface area contributed by atoms with E-state index < -0.39 is 39.4 Å². The number of hydrogen-bond acceptors (Lipinski definition) is 13. The molecule has 350 valence electrons. The Morgan fingerprint density at radius 2 is 1.50 bits per heavy atom. The third-order valence-electron chi connectivity index (χ3n) is 10.4. The number of allylic oxidation sites excluding steroid dienone is 2. The second-order valence-corrected chi connectivity index (χ2v) is 18.3. The van der Waals surface area contributed by atoms with Crippen molar-refractivity contribution in [1.29, 1.82) is 0 Å². The van der Waals surface area contributed by atoms with Gasteiger partial charge in [0.05, 0.1) is 65.2 Å². The Labute approximate surface area is 379 Å². The third kappa shape index (κ3) is 10.5. The molecular formula is C43H53N13O9S. The lowest BCUT2D eigenvalue weighted by atomic mass is 10.1. The van der Waals surface area contributed by atoms with Crippen LogP contribution in [0, 0.1) is 13.8 Å². The smallest absolute Gasteiger partial charge is 0.410 e. The normalized spacial score (nSPS) is 13.4. The summed E-state index contributed by atoms with van der Waals surface area (Å²) in [4.78, 5) is 62.8. The molecule has 66 heavy (non-hydrogen) atoms. The Hall–Kier alpha value is -7.11. The molecule has 0 spiro atoms. The van der Waals surface area contributed by atoms with Gasteiger partial charge in [-0.15, -0.1) is 0 Å². The van der Waals surface area contributed by atoms with Crippen molar-refractivity contribution in [2.75, 3.05) is 36.9 Å². The van der Waals surface area contributed by atoms with Crippen LogP contribution in [0.2, 0.25) is 0 Å². The second kappa shape index (κ2) is 18.8. The van der Waals surface area contributed by atoms with Crippen molar-refractivity contribution in [2.24, 2.45) is 17.9 Å². The average Bonchev–Trinajstić information content (AvgIpc) is 3.97. The molecule has 0 unspecified atom stereocenters. The summed E-state index contributed by atoms with van der Waals surface area (Å²) < 4.78 is 48.6. The zero-order valence-corrected chi connectivity index (χ0v) is 38.5.